The monoisotopic (exact) mass is 282 g/mol. The molecule has 1 aromatic carbocycles. The lowest BCUT2D eigenvalue weighted by Crippen LogP contribution is -2.30. The maximum absolute atomic E-state index is 12.0. The lowest BCUT2D eigenvalue weighted by atomic mass is 10.2. The van der Waals surface area contributed by atoms with Crippen molar-refractivity contribution >= 4 is 15.9 Å². The van der Waals surface area contributed by atoms with Gasteiger partial charge in [-0.05, 0) is 32.0 Å². The average molecular weight is 282 g/mol. The summed E-state index contributed by atoms with van der Waals surface area (Å²) < 4.78 is 26.4. The van der Waals surface area contributed by atoms with E-state index in [1.54, 1.807) is 26.0 Å². The fourth-order valence-corrected chi connectivity index (χ4v) is 2.75. The van der Waals surface area contributed by atoms with Crippen LogP contribution in [0.15, 0.2) is 41.8 Å². The van der Waals surface area contributed by atoms with Crippen LogP contribution in [0.4, 0.5) is 0 Å². The Morgan fingerprint density at radius 3 is 2.68 bits per heavy atom. The van der Waals surface area contributed by atoms with E-state index in [1.807, 2.05) is 0 Å². The Bertz CT molecular complexity index is 565. The van der Waals surface area contributed by atoms with Crippen LogP contribution < -0.4 is 10.0 Å². The number of amides is 1. The van der Waals surface area contributed by atoms with E-state index in [1.165, 1.54) is 18.2 Å². The summed E-state index contributed by atoms with van der Waals surface area (Å²) in [6.07, 6.45) is 1.55. The first kappa shape index (κ1) is 15.4. The van der Waals surface area contributed by atoms with Gasteiger partial charge in [0.1, 0.15) is 0 Å². The molecule has 0 spiro atoms. The van der Waals surface area contributed by atoms with Crippen LogP contribution in [-0.4, -0.2) is 26.9 Å². The van der Waals surface area contributed by atoms with Crippen molar-refractivity contribution in [2.45, 2.75) is 24.8 Å². The third kappa shape index (κ3) is 4.50. The summed E-state index contributed by atoms with van der Waals surface area (Å²) >= 11 is 0. The molecule has 0 aliphatic carbocycles. The Labute approximate surface area is 113 Å². The van der Waals surface area contributed by atoms with Gasteiger partial charge in [0.2, 0.25) is 10.0 Å². The zero-order chi connectivity index (χ0) is 14.5. The van der Waals surface area contributed by atoms with Crippen molar-refractivity contribution in [3.8, 4) is 0 Å². The number of carbonyl (C=O) groups is 1. The summed E-state index contributed by atoms with van der Waals surface area (Å²) in [5.74, 6) is -0.332. The predicted molar refractivity (Wildman–Crippen MR) is 74.4 cm³/mol. The number of hydrogen-bond acceptors (Lipinski definition) is 3. The van der Waals surface area contributed by atoms with Crippen LogP contribution >= 0.6 is 0 Å². The largest absolute Gasteiger partial charge is 0.349 e. The molecule has 19 heavy (non-hydrogen) atoms. The second kappa shape index (κ2) is 6.49. The molecule has 0 saturated carbocycles. The van der Waals surface area contributed by atoms with E-state index < -0.39 is 10.0 Å². The summed E-state index contributed by atoms with van der Waals surface area (Å²) in [5, 5.41) is 2.60. The van der Waals surface area contributed by atoms with Crippen molar-refractivity contribution in [3.05, 3.63) is 42.5 Å². The minimum Gasteiger partial charge on any atom is -0.349 e. The zero-order valence-electron chi connectivity index (χ0n) is 11.0. The molecule has 0 heterocycles. The van der Waals surface area contributed by atoms with Crippen LogP contribution in [0, 0.1) is 0 Å². The lowest BCUT2D eigenvalue weighted by Gasteiger charge is -2.10. The van der Waals surface area contributed by atoms with Gasteiger partial charge in [-0.25, -0.2) is 13.1 Å². The van der Waals surface area contributed by atoms with Crippen molar-refractivity contribution in [2.75, 3.05) is 6.54 Å². The van der Waals surface area contributed by atoms with E-state index in [2.05, 4.69) is 16.6 Å². The van der Waals surface area contributed by atoms with Gasteiger partial charge in [0.15, 0.2) is 0 Å². The summed E-state index contributed by atoms with van der Waals surface area (Å²) in [5.41, 5.74) is 0.300. The maximum Gasteiger partial charge on any atom is 0.251 e. The minimum absolute atomic E-state index is 0.0763. The van der Waals surface area contributed by atoms with Crippen LogP contribution in [-0.2, 0) is 10.0 Å². The highest BCUT2D eigenvalue weighted by molar-refractivity contribution is 7.89. The Morgan fingerprint density at radius 1 is 1.42 bits per heavy atom. The van der Waals surface area contributed by atoms with E-state index in [9.17, 15) is 13.2 Å². The molecule has 5 nitrogen and oxygen atoms in total. The highest BCUT2D eigenvalue weighted by Gasteiger charge is 2.16. The molecular weight excluding hydrogens is 264 g/mol. The number of sulfonamides is 1. The Balaban J connectivity index is 3.00. The van der Waals surface area contributed by atoms with Gasteiger partial charge in [0.25, 0.3) is 5.91 Å². The smallest absolute Gasteiger partial charge is 0.251 e. The van der Waals surface area contributed by atoms with Gasteiger partial charge in [-0.1, -0.05) is 12.1 Å². The summed E-state index contributed by atoms with van der Waals surface area (Å²) in [6, 6.07) is 5.70. The van der Waals surface area contributed by atoms with E-state index in [0.29, 0.717) is 12.1 Å². The van der Waals surface area contributed by atoms with Gasteiger partial charge < -0.3 is 5.32 Å². The topological polar surface area (TPSA) is 75.3 Å². The SMILES string of the molecule is C=CCNC(=O)c1cccc(S(=O)(=O)NC(C)C)c1. The highest BCUT2D eigenvalue weighted by Crippen LogP contribution is 2.12. The van der Waals surface area contributed by atoms with Gasteiger partial charge in [-0.2, -0.15) is 0 Å². The number of rotatable bonds is 6. The first-order chi connectivity index (χ1) is 8.86. The first-order valence-electron chi connectivity index (χ1n) is 5.88. The van der Waals surface area contributed by atoms with Gasteiger partial charge in [-0.3, -0.25) is 4.79 Å². The van der Waals surface area contributed by atoms with Gasteiger partial charge >= 0.3 is 0 Å². The number of benzene rings is 1. The predicted octanol–water partition coefficient (Wildman–Crippen LogP) is 1.29. The molecule has 0 aliphatic heterocycles. The van der Waals surface area contributed by atoms with Crippen LogP contribution in [0.25, 0.3) is 0 Å². The summed E-state index contributed by atoms with van der Waals surface area (Å²) in [4.78, 5) is 11.8. The third-order valence-corrected chi connectivity index (χ3v) is 3.86. The zero-order valence-corrected chi connectivity index (χ0v) is 11.8. The fraction of sp³-hybridized carbons (Fsp3) is 0.308. The molecule has 0 atom stereocenters. The van der Waals surface area contributed by atoms with Gasteiger partial charge in [0, 0.05) is 18.2 Å². The summed E-state index contributed by atoms with van der Waals surface area (Å²) in [7, 11) is -3.59. The molecule has 0 unspecified atom stereocenters. The number of carbonyl (C=O) groups excluding carboxylic acids is 1. The molecule has 1 rings (SSSR count). The summed E-state index contributed by atoms with van der Waals surface area (Å²) in [6.45, 7) is 7.30. The van der Waals surface area contributed by atoms with Crippen LogP contribution in [0.3, 0.4) is 0 Å². The van der Waals surface area contributed by atoms with E-state index >= 15 is 0 Å². The standard InChI is InChI=1S/C13H18N2O3S/c1-4-8-14-13(16)11-6-5-7-12(9-11)19(17,18)15-10(2)3/h4-7,9-10,15H,1,8H2,2-3H3,(H,14,16). The fourth-order valence-electron chi connectivity index (χ4n) is 1.45. The van der Waals surface area contributed by atoms with E-state index in [0.717, 1.165) is 0 Å². The average Bonchev–Trinajstić information content (AvgIpc) is 2.34. The molecule has 1 aromatic rings. The molecule has 104 valence electrons. The van der Waals surface area contributed by atoms with Crippen LogP contribution in [0.5, 0.6) is 0 Å². The van der Waals surface area contributed by atoms with Crippen LogP contribution in [0.2, 0.25) is 0 Å². The number of nitrogens with one attached hydrogen (secondary N) is 2. The molecule has 6 heteroatoms. The van der Waals surface area contributed by atoms with E-state index in [-0.39, 0.29) is 16.8 Å². The van der Waals surface area contributed by atoms with Crippen molar-refractivity contribution in [3.63, 3.8) is 0 Å². The van der Waals surface area contributed by atoms with Crippen molar-refractivity contribution in [1.82, 2.24) is 10.0 Å². The quantitative estimate of drug-likeness (QED) is 0.772. The maximum atomic E-state index is 12.0. The molecular formula is C13H18N2O3S. The molecule has 0 bridgehead atoms. The molecule has 0 fully saturated rings. The van der Waals surface area contributed by atoms with Crippen LogP contribution in [0.1, 0.15) is 24.2 Å². The Morgan fingerprint density at radius 2 is 2.11 bits per heavy atom. The molecule has 0 aliphatic rings. The first-order valence-corrected chi connectivity index (χ1v) is 7.36. The third-order valence-electron chi connectivity index (χ3n) is 2.20. The number of hydrogen-bond donors (Lipinski definition) is 2. The molecule has 2 N–H and O–H groups in total. The Hall–Kier alpha value is -1.66. The second-order valence-electron chi connectivity index (χ2n) is 4.30. The molecule has 0 saturated heterocycles. The molecule has 0 radical (unpaired) electrons. The molecule has 1 amide bonds. The van der Waals surface area contributed by atoms with E-state index in [4.69, 9.17) is 0 Å². The Kier molecular flexibility index (Phi) is 5.26. The minimum atomic E-state index is -3.59. The van der Waals surface area contributed by atoms with Crippen molar-refractivity contribution in [1.29, 1.82) is 0 Å². The van der Waals surface area contributed by atoms with Gasteiger partial charge in [0.05, 0.1) is 4.90 Å². The van der Waals surface area contributed by atoms with Crippen molar-refractivity contribution < 1.29 is 13.2 Å². The second-order valence-corrected chi connectivity index (χ2v) is 6.02. The van der Waals surface area contributed by atoms with Gasteiger partial charge in [-0.15, -0.1) is 6.58 Å². The highest BCUT2D eigenvalue weighted by atomic mass is 32.2. The van der Waals surface area contributed by atoms with Crippen molar-refractivity contribution in [2.24, 2.45) is 0 Å². The normalized spacial score (nSPS) is 11.3. The lowest BCUT2D eigenvalue weighted by molar-refractivity contribution is 0.0958. The molecule has 0 aromatic heterocycles.